The summed E-state index contributed by atoms with van der Waals surface area (Å²) in [5, 5.41) is 1.02. The van der Waals surface area contributed by atoms with Gasteiger partial charge in [0.1, 0.15) is 0 Å². The Balaban J connectivity index is 1.37. The summed E-state index contributed by atoms with van der Waals surface area (Å²) < 4.78 is 7.33. The van der Waals surface area contributed by atoms with E-state index in [0.717, 1.165) is 67.8 Å². The Morgan fingerprint density at radius 2 is 1.90 bits per heavy atom. The van der Waals surface area contributed by atoms with Gasteiger partial charge in [0.25, 0.3) is 5.91 Å². The number of ether oxygens (including phenoxy) is 1. The van der Waals surface area contributed by atoms with Crippen molar-refractivity contribution in [2.45, 2.75) is 13.0 Å². The topological polar surface area (TPSA) is 50.6 Å². The van der Waals surface area contributed by atoms with Crippen LogP contribution in [0, 0.1) is 0 Å². The number of benzene rings is 1. The van der Waals surface area contributed by atoms with Crippen molar-refractivity contribution >= 4 is 16.8 Å². The molecule has 1 aliphatic heterocycles. The average Bonchev–Trinajstić information content (AvgIpc) is 3.20. The van der Waals surface area contributed by atoms with E-state index >= 15 is 0 Å². The molecule has 1 fully saturated rings. The minimum atomic E-state index is 0.129. The number of pyridine rings is 1. The molecule has 2 aromatic heterocycles. The van der Waals surface area contributed by atoms with Gasteiger partial charge in [-0.05, 0) is 30.3 Å². The lowest BCUT2D eigenvalue weighted by molar-refractivity contribution is 0.0640. The van der Waals surface area contributed by atoms with E-state index in [1.54, 1.807) is 7.11 Å². The van der Waals surface area contributed by atoms with E-state index in [1.165, 1.54) is 0 Å². The summed E-state index contributed by atoms with van der Waals surface area (Å²) in [6, 6.07) is 14.1. The summed E-state index contributed by atoms with van der Waals surface area (Å²) in [4.78, 5) is 22.0. The highest BCUT2D eigenvalue weighted by atomic mass is 16.5. The first kappa shape index (κ1) is 19.6. The number of hydrogen-bond donors (Lipinski definition) is 0. The Hall–Kier alpha value is -2.70. The van der Waals surface area contributed by atoms with E-state index in [9.17, 15) is 4.79 Å². The van der Waals surface area contributed by atoms with Crippen LogP contribution in [-0.4, -0.2) is 71.7 Å². The number of rotatable bonds is 7. The van der Waals surface area contributed by atoms with Gasteiger partial charge in [-0.15, -0.1) is 0 Å². The number of carbonyl (C=O) groups excluding carboxylic acids is 1. The van der Waals surface area contributed by atoms with Gasteiger partial charge < -0.3 is 14.2 Å². The molecular weight excluding hydrogens is 364 g/mol. The van der Waals surface area contributed by atoms with E-state index in [2.05, 4.69) is 26.6 Å². The highest BCUT2D eigenvalue weighted by Gasteiger charge is 2.23. The average molecular weight is 393 g/mol. The molecule has 0 radical (unpaired) electrons. The van der Waals surface area contributed by atoms with Gasteiger partial charge >= 0.3 is 0 Å². The highest BCUT2D eigenvalue weighted by Crippen LogP contribution is 2.22. The lowest BCUT2D eigenvalue weighted by Crippen LogP contribution is -2.49. The number of methoxy groups -OCH3 is 1. The zero-order chi connectivity index (χ0) is 20.1. The maximum Gasteiger partial charge on any atom is 0.254 e. The third kappa shape index (κ3) is 4.49. The predicted octanol–water partition coefficient (Wildman–Crippen LogP) is 2.68. The first-order valence-electron chi connectivity index (χ1n) is 10.2. The second-order valence-electron chi connectivity index (χ2n) is 7.45. The lowest BCUT2D eigenvalue weighted by atomic mass is 10.1. The largest absolute Gasteiger partial charge is 0.383 e. The van der Waals surface area contributed by atoms with Crippen molar-refractivity contribution < 1.29 is 9.53 Å². The maximum absolute atomic E-state index is 13.2. The van der Waals surface area contributed by atoms with Crippen molar-refractivity contribution in [2.75, 3.05) is 46.4 Å². The smallest absolute Gasteiger partial charge is 0.254 e. The normalized spacial score (nSPS) is 15.1. The predicted molar refractivity (Wildman–Crippen MR) is 114 cm³/mol. The molecule has 152 valence electrons. The summed E-state index contributed by atoms with van der Waals surface area (Å²) in [6.07, 6.45) is 4.83. The van der Waals surface area contributed by atoms with Gasteiger partial charge in [-0.2, -0.15) is 0 Å². The number of amides is 1. The molecule has 29 heavy (non-hydrogen) atoms. The second-order valence-corrected chi connectivity index (χ2v) is 7.45. The van der Waals surface area contributed by atoms with E-state index in [0.29, 0.717) is 6.61 Å². The fraction of sp³-hybridized carbons (Fsp3) is 0.391. The van der Waals surface area contributed by atoms with E-state index < -0.39 is 0 Å². The zero-order valence-electron chi connectivity index (χ0n) is 17.0. The van der Waals surface area contributed by atoms with Crippen LogP contribution in [0.2, 0.25) is 0 Å². The van der Waals surface area contributed by atoms with Gasteiger partial charge in [0, 0.05) is 87.4 Å². The van der Waals surface area contributed by atoms with Gasteiger partial charge in [0.05, 0.1) is 6.61 Å². The monoisotopic (exact) mass is 392 g/mol. The second kappa shape index (κ2) is 9.20. The molecule has 0 N–H and O–H groups in total. The van der Waals surface area contributed by atoms with Gasteiger partial charge in [0.15, 0.2) is 0 Å². The third-order valence-corrected chi connectivity index (χ3v) is 5.65. The molecule has 0 bridgehead atoms. The lowest BCUT2D eigenvalue weighted by Gasteiger charge is -2.34. The molecule has 1 amide bonds. The number of carbonyl (C=O) groups is 1. The zero-order valence-corrected chi connectivity index (χ0v) is 17.0. The number of piperazine rings is 1. The number of fused-ring (bicyclic) bond motifs is 1. The minimum Gasteiger partial charge on any atom is -0.383 e. The molecule has 6 nitrogen and oxygen atoms in total. The number of hydrogen-bond acceptors (Lipinski definition) is 4. The highest BCUT2D eigenvalue weighted by molar-refractivity contribution is 6.06. The molecule has 1 saturated heterocycles. The Labute approximate surface area is 171 Å². The number of nitrogens with zero attached hydrogens (tertiary/aromatic N) is 4. The van der Waals surface area contributed by atoms with Crippen molar-refractivity contribution in [1.29, 1.82) is 0 Å². The quantitative estimate of drug-likeness (QED) is 0.620. The SMILES string of the molecule is COCCn1ccc2c(C(=O)N3CCN(CCc4ccccn4)CC3)cccc21. The molecule has 1 aromatic carbocycles. The van der Waals surface area contributed by atoms with E-state index in [-0.39, 0.29) is 5.91 Å². The Bertz CT molecular complexity index is 946. The molecule has 4 rings (SSSR count). The standard InChI is InChI=1S/C23H28N4O2/c1-29-18-17-26-12-9-20-21(6-4-7-22(20)26)23(28)27-15-13-25(14-16-27)11-8-19-5-2-3-10-24-19/h2-7,9-10,12H,8,11,13-18H2,1H3. The van der Waals surface area contributed by atoms with Crippen molar-refractivity contribution in [1.82, 2.24) is 19.4 Å². The van der Waals surface area contributed by atoms with E-state index in [4.69, 9.17) is 4.74 Å². The van der Waals surface area contributed by atoms with Crippen LogP contribution in [0.25, 0.3) is 10.9 Å². The van der Waals surface area contributed by atoms with Gasteiger partial charge in [0.2, 0.25) is 0 Å². The summed E-state index contributed by atoms with van der Waals surface area (Å²) >= 11 is 0. The van der Waals surface area contributed by atoms with Crippen molar-refractivity contribution in [3.8, 4) is 0 Å². The van der Waals surface area contributed by atoms with Crippen LogP contribution in [0.5, 0.6) is 0 Å². The summed E-state index contributed by atoms with van der Waals surface area (Å²) in [6.45, 7) is 5.77. The fourth-order valence-electron chi connectivity index (χ4n) is 3.96. The van der Waals surface area contributed by atoms with Gasteiger partial charge in [-0.25, -0.2) is 0 Å². The first-order valence-corrected chi connectivity index (χ1v) is 10.2. The van der Waals surface area contributed by atoms with E-state index in [1.807, 2.05) is 47.6 Å². The number of aromatic nitrogens is 2. The molecule has 0 unspecified atom stereocenters. The Morgan fingerprint density at radius 1 is 1.03 bits per heavy atom. The molecule has 3 aromatic rings. The van der Waals surface area contributed by atoms with Crippen LogP contribution in [0.4, 0.5) is 0 Å². The molecule has 0 atom stereocenters. The summed E-state index contributed by atoms with van der Waals surface area (Å²) in [5.74, 6) is 0.129. The van der Waals surface area contributed by atoms with Crippen molar-refractivity contribution in [3.63, 3.8) is 0 Å². The Morgan fingerprint density at radius 3 is 2.66 bits per heavy atom. The van der Waals surface area contributed by atoms with Crippen LogP contribution in [0.3, 0.4) is 0 Å². The van der Waals surface area contributed by atoms with Crippen molar-refractivity contribution in [2.24, 2.45) is 0 Å². The molecule has 0 aliphatic carbocycles. The van der Waals surface area contributed by atoms with Gasteiger partial charge in [-0.3, -0.25) is 14.7 Å². The fourth-order valence-corrected chi connectivity index (χ4v) is 3.96. The maximum atomic E-state index is 13.2. The van der Waals surface area contributed by atoms with Crippen molar-refractivity contribution in [3.05, 3.63) is 66.1 Å². The Kier molecular flexibility index (Phi) is 6.22. The molecular formula is C23H28N4O2. The van der Waals surface area contributed by atoms with Crippen LogP contribution >= 0.6 is 0 Å². The molecule has 0 spiro atoms. The van der Waals surface area contributed by atoms with Crippen LogP contribution in [0.15, 0.2) is 54.9 Å². The molecule has 0 saturated carbocycles. The third-order valence-electron chi connectivity index (χ3n) is 5.65. The van der Waals surface area contributed by atoms with Crippen LogP contribution in [-0.2, 0) is 17.7 Å². The summed E-state index contributed by atoms with van der Waals surface area (Å²) in [7, 11) is 1.71. The summed E-state index contributed by atoms with van der Waals surface area (Å²) in [5.41, 5.74) is 3.00. The minimum absolute atomic E-state index is 0.129. The van der Waals surface area contributed by atoms with Crippen LogP contribution < -0.4 is 0 Å². The molecule has 6 heteroatoms. The van der Waals surface area contributed by atoms with Crippen LogP contribution in [0.1, 0.15) is 16.1 Å². The molecule has 1 aliphatic rings. The van der Waals surface area contributed by atoms with Gasteiger partial charge in [-0.1, -0.05) is 12.1 Å². The first-order chi connectivity index (χ1) is 14.3. The molecule has 3 heterocycles.